The van der Waals surface area contributed by atoms with Crippen molar-refractivity contribution in [3.05, 3.63) is 11.6 Å². The van der Waals surface area contributed by atoms with Crippen molar-refractivity contribution in [2.24, 2.45) is 11.3 Å². The number of urea groups is 1. The minimum Gasteiger partial charge on any atom is -0.481 e. The molecule has 2 amide bonds. The number of nitrogens with zero attached hydrogens (tertiary/aromatic N) is 2. The number of rotatable bonds is 1. The highest BCUT2D eigenvalue weighted by molar-refractivity contribution is 5.77. The topological polar surface area (TPSA) is 60.9 Å². The molecular weight excluding hydrogens is 256 g/mol. The molecule has 0 radical (unpaired) electrons. The molecule has 2 aliphatic rings. The zero-order chi connectivity index (χ0) is 14.9. The number of likely N-dealkylation sites (tertiary alicyclic amines) is 1. The average Bonchev–Trinajstić information content (AvgIpc) is 2.86. The van der Waals surface area contributed by atoms with Crippen molar-refractivity contribution >= 4 is 12.0 Å². The highest BCUT2D eigenvalue weighted by atomic mass is 16.4. The molecule has 20 heavy (non-hydrogen) atoms. The molecule has 1 atom stereocenters. The molecule has 1 unspecified atom stereocenters. The van der Waals surface area contributed by atoms with Gasteiger partial charge in [-0.3, -0.25) is 4.79 Å². The maximum Gasteiger partial charge on any atom is 0.320 e. The molecule has 0 saturated carbocycles. The molecule has 5 heteroatoms. The molecule has 1 N–H and O–H groups in total. The van der Waals surface area contributed by atoms with E-state index < -0.39 is 11.9 Å². The molecule has 112 valence electrons. The van der Waals surface area contributed by atoms with Gasteiger partial charge in [-0.15, -0.1) is 0 Å². The van der Waals surface area contributed by atoms with Gasteiger partial charge in [-0.1, -0.05) is 32.4 Å². The molecule has 2 rings (SSSR count). The van der Waals surface area contributed by atoms with Gasteiger partial charge >= 0.3 is 12.0 Å². The Morgan fingerprint density at radius 2 is 1.95 bits per heavy atom. The first kappa shape index (κ1) is 14.9. The molecule has 2 heterocycles. The lowest BCUT2D eigenvalue weighted by Gasteiger charge is -2.34. The van der Waals surface area contributed by atoms with Crippen LogP contribution in [0.5, 0.6) is 0 Å². The van der Waals surface area contributed by atoms with Crippen molar-refractivity contribution in [2.75, 3.05) is 26.2 Å². The Morgan fingerprint density at radius 3 is 2.40 bits per heavy atom. The van der Waals surface area contributed by atoms with Crippen LogP contribution in [0.25, 0.3) is 0 Å². The van der Waals surface area contributed by atoms with Crippen molar-refractivity contribution in [3.8, 4) is 0 Å². The van der Waals surface area contributed by atoms with Crippen molar-refractivity contribution in [1.29, 1.82) is 0 Å². The van der Waals surface area contributed by atoms with Crippen LogP contribution >= 0.6 is 0 Å². The average molecular weight is 280 g/mol. The van der Waals surface area contributed by atoms with Crippen LogP contribution in [0, 0.1) is 11.3 Å². The third kappa shape index (κ3) is 3.14. The van der Waals surface area contributed by atoms with Gasteiger partial charge in [0.05, 0.1) is 5.92 Å². The van der Waals surface area contributed by atoms with E-state index >= 15 is 0 Å². The van der Waals surface area contributed by atoms with Crippen molar-refractivity contribution in [2.45, 2.75) is 33.6 Å². The summed E-state index contributed by atoms with van der Waals surface area (Å²) >= 11 is 0. The fourth-order valence-electron chi connectivity index (χ4n) is 2.86. The minimum atomic E-state index is -0.797. The lowest BCUT2D eigenvalue weighted by Crippen LogP contribution is -2.44. The van der Waals surface area contributed by atoms with E-state index in [9.17, 15) is 9.59 Å². The van der Waals surface area contributed by atoms with Crippen LogP contribution in [0.15, 0.2) is 11.6 Å². The van der Waals surface area contributed by atoms with Gasteiger partial charge in [-0.05, 0) is 18.3 Å². The highest BCUT2D eigenvalue weighted by Crippen LogP contribution is 2.30. The standard InChI is InChI=1S/C15H24N2O3/c1-15(2,3)12-5-8-16(9-6-12)14(20)17-7-4-11(10-17)13(18)19/h5,11H,4,6-10H2,1-3H3,(H,18,19). The monoisotopic (exact) mass is 280 g/mol. The number of hydrogen-bond donors (Lipinski definition) is 1. The predicted molar refractivity (Wildman–Crippen MR) is 76.4 cm³/mol. The Morgan fingerprint density at radius 1 is 1.25 bits per heavy atom. The largest absolute Gasteiger partial charge is 0.481 e. The third-order valence-corrected chi connectivity index (χ3v) is 4.25. The molecule has 5 nitrogen and oxygen atoms in total. The summed E-state index contributed by atoms with van der Waals surface area (Å²) in [5, 5.41) is 8.99. The summed E-state index contributed by atoms with van der Waals surface area (Å²) in [4.78, 5) is 26.8. The minimum absolute atomic E-state index is 0.0158. The van der Waals surface area contributed by atoms with E-state index in [0.717, 1.165) is 13.0 Å². The van der Waals surface area contributed by atoms with Crippen LogP contribution in [-0.2, 0) is 4.79 Å². The lowest BCUT2D eigenvalue weighted by atomic mass is 9.83. The van der Waals surface area contributed by atoms with Crippen LogP contribution < -0.4 is 0 Å². The summed E-state index contributed by atoms with van der Waals surface area (Å²) in [6.07, 6.45) is 3.62. The molecule has 0 bridgehead atoms. The molecule has 0 aromatic carbocycles. The Bertz CT molecular complexity index is 437. The van der Waals surface area contributed by atoms with Gasteiger partial charge in [0, 0.05) is 26.2 Å². The van der Waals surface area contributed by atoms with Crippen LogP contribution in [0.1, 0.15) is 33.6 Å². The Balaban J connectivity index is 1.93. The second-order valence-electron chi connectivity index (χ2n) is 6.73. The molecular formula is C15H24N2O3. The number of carbonyl (C=O) groups excluding carboxylic acids is 1. The van der Waals surface area contributed by atoms with E-state index in [2.05, 4.69) is 26.8 Å². The number of carboxylic acids is 1. The number of carbonyl (C=O) groups is 2. The SMILES string of the molecule is CC(C)(C)C1=CCN(C(=O)N2CCC(C(=O)O)C2)CC1. The van der Waals surface area contributed by atoms with Crippen LogP contribution in [0.4, 0.5) is 4.79 Å². The second kappa shape index (κ2) is 5.46. The molecule has 0 spiro atoms. The number of carboxylic acid groups (broad SMARTS) is 1. The van der Waals surface area contributed by atoms with E-state index in [-0.39, 0.29) is 11.4 Å². The van der Waals surface area contributed by atoms with Gasteiger partial charge in [-0.25, -0.2) is 4.79 Å². The quantitative estimate of drug-likeness (QED) is 0.749. The summed E-state index contributed by atoms with van der Waals surface area (Å²) in [5.74, 6) is -1.20. The molecule has 0 aromatic rings. The van der Waals surface area contributed by atoms with Crippen molar-refractivity contribution in [3.63, 3.8) is 0 Å². The summed E-state index contributed by atoms with van der Waals surface area (Å²) in [5.41, 5.74) is 1.56. The van der Waals surface area contributed by atoms with Gasteiger partial charge in [0.1, 0.15) is 0 Å². The van der Waals surface area contributed by atoms with Gasteiger partial charge in [0.25, 0.3) is 0 Å². The first-order valence-electron chi connectivity index (χ1n) is 7.25. The summed E-state index contributed by atoms with van der Waals surface area (Å²) < 4.78 is 0. The molecule has 2 aliphatic heterocycles. The van der Waals surface area contributed by atoms with Crippen LogP contribution in [-0.4, -0.2) is 53.1 Å². The summed E-state index contributed by atoms with van der Waals surface area (Å²) in [7, 11) is 0. The maximum absolute atomic E-state index is 12.4. The molecule has 0 aromatic heterocycles. The third-order valence-electron chi connectivity index (χ3n) is 4.25. The van der Waals surface area contributed by atoms with Gasteiger partial charge in [-0.2, -0.15) is 0 Å². The van der Waals surface area contributed by atoms with Crippen molar-refractivity contribution < 1.29 is 14.7 Å². The Hall–Kier alpha value is -1.52. The van der Waals surface area contributed by atoms with E-state index in [1.54, 1.807) is 4.90 Å². The second-order valence-corrected chi connectivity index (χ2v) is 6.73. The lowest BCUT2D eigenvalue weighted by molar-refractivity contribution is -0.141. The zero-order valence-corrected chi connectivity index (χ0v) is 12.6. The molecule has 0 aliphatic carbocycles. The number of aliphatic carboxylic acids is 1. The highest BCUT2D eigenvalue weighted by Gasteiger charge is 2.33. The van der Waals surface area contributed by atoms with Gasteiger partial charge < -0.3 is 14.9 Å². The Kier molecular flexibility index (Phi) is 4.06. The fraction of sp³-hybridized carbons (Fsp3) is 0.733. The van der Waals surface area contributed by atoms with Crippen LogP contribution in [0.3, 0.4) is 0 Å². The van der Waals surface area contributed by atoms with Crippen molar-refractivity contribution in [1.82, 2.24) is 9.80 Å². The van der Waals surface area contributed by atoms with E-state index in [1.165, 1.54) is 5.57 Å². The van der Waals surface area contributed by atoms with E-state index in [4.69, 9.17) is 5.11 Å². The number of amides is 2. The van der Waals surface area contributed by atoms with E-state index in [1.807, 2.05) is 4.90 Å². The number of hydrogen-bond acceptors (Lipinski definition) is 2. The van der Waals surface area contributed by atoms with E-state index in [0.29, 0.717) is 26.1 Å². The van der Waals surface area contributed by atoms with Gasteiger partial charge in [0.15, 0.2) is 0 Å². The first-order chi connectivity index (χ1) is 9.29. The normalized spacial score (nSPS) is 23.8. The predicted octanol–water partition coefficient (Wildman–Crippen LogP) is 2.19. The smallest absolute Gasteiger partial charge is 0.320 e. The first-order valence-corrected chi connectivity index (χ1v) is 7.25. The maximum atomic E-state index is 12.4. The zero-order valence-electron chi connectivity index (χ0n) is 12.6. The Labute approximate surface area is 120 Å². The fourth-order valence-corrected chi connectivity index (χ4v) is 2.86. The molecule has 1 fully saturated rings. The van der Waals surface area contributed by atoms with Gasteiger partial charge in [0.2, 0.25) is 0 Å². The molecule has 1 saturated heterocycles. The summed E-state index contributed by atoms with van der Waals surface area (Å²) in [6.45, 7) is 8.84. The van der Waals surface area contributed by atoms with Crippen LogP contribution in [0.2, 0.25) is 0 Å². The summed E-state index contributed by atoms with van der Waals surface area (Å²) in [6, 6.07) is -0.0158.